The molecule has 1 aromatic carbocycles. The van der Waals surface area contributed by atoms with Crippen molar-refractivity contribution in [2.45, 2.75) is 39.0 Å². The Bertz CT molecular complexity index is 627. The van der Waals surface area contributed by atoms with E-state index in [9.17, 15) is 13.2 Å². The first-order valence-corrected chi connectivity index (χ1v) is 9.59. The minimum absolute atomic E-state index is 0.0724. The van der Waals surface area contributed by atoms with Crippen molar-refractivity contribution >= 4 is 15.7 Å². The molecular weight excluding hydrogens is 298 g/mol. The maximum Gasteiger partial charge on any atom is 0.251 e. The second-order valence-electron chi connectivity index (χ2n) is 7.14. The van der Waals surface area contributed by atoms with Gasteiger partial charge in [-0.05, 0) is 41.9 Å². The van der Waals surface area contributed by atoms with Crippen LogP contribution in [-0.2, 0) is 15.3 Å². The molecule has 0 saturated carbocycles. The van der Waals surface area contributed by atoms with Gasteiger partial charge in [0.05, 0.1) is 11.5 Å². The van der Waals surface area contributed by atoms with Crippen LogP contribution < -0.4 is 5.32 Å². The number of rotatable bonds is 4. The molecule has 0 bridgehead atoms. The second kappa shape index (κ2) is 6.41. The van der Waals surface area contributed by atoms with Gasteiger partial charge in [0.1, 0.15) is 0 Å². The van der Waals surface area contributed by atoms with E-state index in [2.05, 4.69) is 26.1 Å². The van der Waals surface area contributed by atoms with Crippen LogP contribution in [0.5, 0.6) is 0 Å². The molecule has 1 unspecified atom stereocenters. The largest absolute Gasteiger partial charge is 0.352 e. The first-order valence-electron chi connectivity index (χ1n) is 7.76. The lowest BCUT2D eigenvalue weighted by Crippen LogP contribution is -2.26. The third-order valence-corrected chi connectivity index (χ3v) is 6.01. The summed E-state index contributed by atoms with van der Waals surface area (Å²) in [6.07, 6.45) is 1.45. The molecule has 1 N–H and O–H groups in total. The van der Waals surface area contributed by atoms with Crippen molar-refractivity contribution in [3.8, 4) is 0 Å². The summed E-state index contributed by atoms with van der Waals surface area (Å²) in [4.78, 5) is 12.1. The Morgan fingerprint density at radius 1 is 1.23 bits per heavy atom. The Morgan fingerprint density at radius 2 is 1.86 bits per heavy atom. The fourth-order valence-electron chi connectivity index (χ4n) is 2.71. The lowest BCUT2D eigenvalue weighted by atomic mass is 9.87. The van der Waals surface area contributed by atoms with Crippen molar-refractivity contribution in [3.63, 3.8) is 0 Å². The second-order valence-corrected chi connectivity index (χ2v) is 9.37. The maximum absolute atomic E-state index is 12.1. The quantitative estimate of drug-likeness (QED) is 0.926. The standard InChI is InChI=1S/C17H25NO3S/c1-17(2,3)15-6-4-14(5-7-15)16(19)18-10-8-13-9-11-22(20,21)12-13/h4-7,13H,8-12H2,1-3H3,(H,18,19). The van der Waals surface area contributed by atoms with Gasteiger partial charge in [-0.1, -0.05) is 32.9 Å². The zero-order chi connectivity index (χ0) is 16.4. The highest BCUT2D eigenvalue weighted by Gasteiger charge is 2.27. The van der Waals surface area contributed by atoms with Gasteiger partial charge in [0.2, 0.25) is 0 Å². The van der Waals surface area contributed by atoms with E-state index in [1.165, 1.54) is 5.56 Å². The van der Waals surface area contributed by atoms with Crippen LogP contribution in [0.4, 0.5) is 0 Å². The van der Waals surface area contributed by atoms with E-state index in [-0.39, 0.29) is 23.0 Å². The zero-order valence-electron chi connectivity index (χ0n) is 13.6. The smallest absolute Gasteiger partial charge is 0.251 e. The number of sulfone groups is 1. The van der Waals surface area contributed by atoms with Crippen LogP contribution in [0.1, 0.15) is 49.5 Å². The summed E-state index contributed by atoms with van der Waals surface area (Å²) in [7, 11) is -2.83. The minimum atomic E-state index is -2.83. The molecule has 0 spiro atoms. The first kappa shape index (κ1) is 17.0. The van der Waals surface area contributed by atoms with Crippen LogP contribution in [0.3, 0.4) is 0 Å². The number of benzene rings is 1. The average Bonchev–Trinajstić information content (AvgIpc) is 2.77. The summed E-state index contributed by atoms with van der Waals surface area (Å²) in [6.45, 7) is 6.94. The van der Waals surface area contributed by atoms with Crippen LogP contribution in [0.25, 0.3) is 0 Å². The number of amides is 1. The highest BCUT2D eigenvalue weighted by atomic mass is 32.2. The summed E-state index contributed by atoms with van der Waals surface area (Å²) in [5, 5.41) is 2.88. The van der Waals surface area contributed by atoms with Gasteiger partial charge < -0.3 is 5.32 Å². The molecule has 2 rings (SSSR count). The molecule has 1 fully saturated rings. The number of nitrogens with one attached hydrogen (secondary N) is 1. The molecule has 0 aromatic heterocycles. The van der Waals surface area contributed by atoms with E-state index in [0.717, 1.165) is 12.8 Å². The van der Waals surface area contributed by atoms with Gasteiger partial charge in [-0.3, -0.25) is 4.79 Å². The molecule has 1 aliphatic rings. The van der Waals surface area contributed by atoms with Crippen molar-refractivity contribution in [1.82, 2.24) is 5.32 Å². The average molecular weight is 323 g/mol. The summed E-state index contributed by atoms with van der Waals surface area (Å²) in [5.41, 5.74) is 1.91. The Kier molecular flexibility index (Phi) is 4.95. The summed E-state index contributed by atoms with van der Waals surface area (Å²) >= 11 is 0. The highest BCUT2D eigenvalue weighted by molar-refractivity contribution is 7.91. The van der Waals surface area contributed by atoms with Gasteiger partial charge in [0.15, 0.2) is 9.84 Å². The van der Waals surface area contributed by atoms with Crippen LogP contribution in [0.15, 0.2) is 24.3 Å². The zero-order valence-corrected chi connectivity index (χ0v) is 14.4. The predicted octanol–water partition coefficient (Wildman–Crippen LogP) is 2.54. The van der Waals surface area contributed by atoms with Gasteiger partial charge >= 0.3 is 0 Å². The van der Waals surface area contributed by atoms with Crippen LogP contribution in [0, 0.1) is 5.92 Å². The fourth-order valence-corrected chi connectivity index (χ4v) is 4.62. The van der Waals surface area contributed by atoms with E-state index in [0.29, 0.717) is 17.9 Å². The van der Waals surface area contributed by atoms with E-state index in [4.69, 9.17) is 0 Å². The van der Waals surface area contributed by atoms with E-state index in [1.807, 2.05) is 24.3 Å². The molecule has 1 amide bonds. The molecule has 5 heteroatoms. The van der Waals surface area contributed by atoms with E-state index in [1.54, 1.807) is 0 Å². The maximum atomic E-state index is 12.1. The molecule has 1 aromatic rings. The van der Waals surface area contributed by atoms with Crippen LogP contribution in [-0.4, -0.2) is 32.4 Å². The Balaban J connectivity index is 1.83. The predicted molar refractivity (Wildman–Crippen MR) is 88.9 cm³/mol. The fraction of sp³-hybridized carbons (Fsp3) is 0.588. The number of carbonyl (C=O) groups is 1. The lowest BCUT2D eigenvalue weighted by molar-refractivity contribution is 0.0951. The first-order chi connectivity index (χ1) is 10.2. The summed E-state index contributed by atoms with van der Waals surface area (Å²) in [5.74, 6) is 0.651. The lowest BCUT2D eigenvalue weighted by Gasteiger charge is -2.19. The van der Waals surface area contributed by atoms with Crippen LogP contribution >= 0.6 is 0 Å². The number of hydrogen-bond donors (Lipinski definition) is 1. The highest BCUT2D eigenvalue weighted by Crippen LogP contribution is 2.22. The van der Waals surface area contributed by atoms with Gasteiger partial charge in [-0.25, -0.2) is 8.42 Å². The van der Waals surface area contributed by atoms with Crippen molar-refractivity contribution in [1.29, 1.82) is 0 Å². The summed E-state index contributed by atoms with van der Waals surface area (Å²) in [6, 6.07) is 7.66. The molecule has 1 heterocycles. The van der Waals surface area contributed by atoms with E-state index < -0.39 is 9.84 Å². The molecule has 122 valence electrons. The van der Waals surface area contributed by atoms with Crippen LogP contribution in [0.2, 0.25) is 0 Å². The molecule has 4 nitrogen and oxygen atoms in total. The van der Waals surface area contributed by atoms with Gasteiger partial charge in [-0.2, -0.15) is 0 Å². The van der Waals surface area contributed by atoms with E-state index >= 15 is 0 Å². The Labute approximate surface area is 133 Å². The molecule has 0 aliphatic carbocycles. The van der Waals surface area contributed by atoms with Gasteiger partial charge in [0.25, 0.3) is 5.91 Å². The van der Waals surface area contributed by atoms with Gasteiger partial charge in [0, 0.05) is 12.1 Å². The molecule has 1 atom stereocenters. The summed E-state index contributed by atoms with van der Waals surface area (Å²) < 4.78 is 22.8. The minimum Gasteiger partial charge on any atom is -0.352 e. The van der Waals surface area contributed by atoms with Crippen molar-refractivity contribution in [3.05, 3.63) is 35.4 Å². The Hall–Kier alpha value is -1.36. The van der Waals surface area contributed by atoms with Crippen molar-refractivity contribution in [2.75, 3.05) is 18.1 Å². The molecular formula is C17H25NO3S. The van der Waals surface area contributed by atoms with Gasteiger partial charge in [-0.15, -0.1) is 0 Å². The normalized spacial score (nSPS) is 20.8. The number of carbonyl (C=O) groups excluding carboxylic acids is 1. The monoisotopic (exact) mass is 323 g/mol. The molecule has 22 heavy (non-hydrogen) atoms. The van der Waals surface area contributed by atoms with Crippen molar-refractivity contribution < 1.29 is 13.2 Å². The third-order valence-electron chi connectivity index (χ3n) is 4.18. The molecule has 0 radical (unpaired) electrons. The third kappa shape index (κ3) is 4.57. The number of hydrogen-bond acceptors (Lipinski definition) is 3. The van der Waals surface area contributed by atoms with Crippen molar-refractivity contribution in [2.24, 2.45) is 5.92 Å². The Morgan fingerprint density at radius 3 is 2.36 bits per heavy atom. The SMILES string of the molecule is CC(C)(C)c1ccc(C(=O)NCCC2CCS(=O)(=O)C2)cc1. The molecule has 1 aliphatic heterocycles. The molecule has 1 saturated heterocycles. The topological polar surface area (TPSA) is 63.2 Å².